The number of rotatable bonds is 1. The molecule has 8 heteroatoms. The van der Waals surface area contributed by atoms with E-state index >= 15 is 0 Å². The average molecular weight is 359 g/mol. The number of anilines is 1. The summed E-state index contributed by atoms with van der Waals surface area (Å²) in [7, 11) is 0. The maximum absolute atomic E-state index is 12.8. The third-order valence-electron chi connectivity index (χ3n) is 5.50. The molecule has 2 aliphatic rings. The van der Waals surface area contributed by atoms with Gasteiger partial charge in [-0.2, -0.15) is 0 Å². The van der Waals surface area contributed by atoms with Crippen molar-refractivity contribution in [3.8, 4) is 0 Å². The number of fused-ring (bicyclic) bond motifs is 2. The quantitative estimate of drug-likeness (QED) is 0.804. The van der Waals surface area contributed by atoms with Crippen LogP contribution in [0.3, 0.4) is 0 Å². The fraction of sp³-hybridized carbons (Fsp3) is 0.529. The molecule has 3 heterocycles. The minimum atomic E-state index is -0.118. The molecule has 0 saturated carbocycles. The van der Waals surface area contributed by atoms with Crippen LogP contribution in [-0.4, -0.2) is 38.8 Å². The molecule has 4 rings (SSSR count). The molecule has 0 atom stereocenters. The number of carbonyl (C=O) groups excluding carboxylic acids is 1. The number of nitrogens with two attached hydrogens (primary N) is 1. The van der Waals surface area contributed by atoms with E-state index in [-0.39, 0.29) is 22.8 Å². The van der Waals surface area contributed by atoms with Gasteiger partial charge in [0.1, 0.15) is 4.88 Å². The molecule has 0 unspecified atom stereocenters. The van der Waals surface area contributed by atoms with Crippen molar-refractivity contribution in [3.05, 3.63) is 37.2 Å². The van der Waals surface area contributed by atoms with E-state index in [0.29, 0.717) is 13.1 Å². The number of carbonyl (C=O) groups is 1. The number of hydrogen-bond donors (Lipinski definition) is 2. The maximum atomic E-state index is 12.8. The maximum Gasteiger partial charge on any atom is 0.265 e. The molecule has 3 N–H and O–H groups in total. The highest BCUT2D eigenvalue weighted by Crippen LogP contribution is 2.44. The van der Waals surface area contributed by atoms with Crippen LogP contribution in [0, 0.1) is 13.8 Å². The summed E-state index contributed by atoms with van der Waals surface area (Å²) in [5.74, 6) is 0.244. The van der Waals surface area contributed by atoms with Gasteiger partial charge in [-0.1, -0.05) is 0 Å². The molecule has 1 amide bonds. The van der Waals surface area contributed by atoms with Crippen LogP contribution in [0.4, 0.5) is 5.95 Å². The Kier molecular flexibility index (Phi) is 3.68. The van der Waals surface area contributed by atoms with Crippen molar-refractivity contribution in [1.82, 2.24) is 19.9 Å². The molecule has 1 spiro atoms. The third-order valence-corrected chi connectivity index (χ3v) is 6.56. The van der Waals surface area contributed by atoms with Crippen LogP contribution in [0.25, 0.3) is 0 Å². The van der Waals surface area contributed by atoms with Crippen LogP contribution in [0.1, 0.15) is 50.9 Å². The van der Waals surface area contributed by atoms with Crippen molar-refractivity contribution in [3.63, 3.8) is 0 Å². The highest BCUT2D eigenvalue weighted by molar-refractivity contribution is 7.13. The van der Waals surface area contributed by atoms with E-state index in [9.17, 15) is 9.59 Å². The van der Waals surface area contributed by atoms with Gasteiger partial charge in [-0.3, -0.25) is 14.6 Å². The number of hydrogen-bond acceptors (Lipinski definition) is 6. The first-order valence-electron chi connectivity index (χ1n) is 8.52. The summed E-state index contributed by atoms with van der Waals surface area (Å²) >= 11 is 1.46. The first-order chi connectivity index (χ1) is 11.9. The number of nitrogens with zero attached hydrogens (tertiary/aromatic N) is 3. The number of piperidine rings is 1. The van der Waals surface area contributed by atoms with Crippen molar-refractivity contribution in [1.29, 1.82) is 0 Å². The largest absolute Gasteiger partial charge is 0.369 e. The molecule has 25 heavy (non-hydrogen) atoms. The van der Waals surface area contributed by atoms with Crippen LogP contribution in [0.5, 0.6) is 0 Å². The Morgan fingerprint density at radius 1 is 1.24 bits per heavy atom. The lowest BCUT2D eigenvalue weighted by atomic mass is 9.76. The Bertz CT molecular complexity index is 908. The zero-order valence-corrected chi connectivity index (χ0v) is 15.2. The molecule has 1 aliphatic carbocycles. The second kappa shape index (κ2) is 5.66. The monoisotopic (exact) mass is 359 g/mol. The first kappa shape index (κ1) is 16.3. The number of amides is 1. The lowest BCUT2D eigenvalue weighted by molar-refractivity contribution is 0.0667. The van der Waals surface area contributed by atoms with Crippen molar-refractivity contribution in [2.75, 3.05) is 18.8 Å². The van der Waals surface area contributed by atoms with Gasteiger partial charge in [-0.05, 0) is 39.5 Å². The summed E-state index contributed by atoms with van der Waals surface area (Å²) in [6.45, 7) is 5.14. The van der Waals surface area contributed by atoms with Gasteiger partial charge in [-0.25, -0.2) is 9.97 Å². The van der Waals surface area contributed by atoms with Gasteiger partial charge in [0.15, 0.2) is 0 Å². The van der Waals surface area contributed by atoms with Crippen LogP contribution >= 0.6 is 11.3 Å². The number of nitrogen functional groups attached to an aromatic ring is 1. The van der Waals surface area contributed by atoms with E-state index in [1.54, 1.807) is 0 Å². The van der Waals surface area contributed by atoms with E-state index in [0.717, 1.165) is 52.5 Å². The molecule has 2 aromatic rings. The van der Waals surface area contributed by atoms with Gasteiger partial charge in [0.2, 0.25) is 5.95 Å². The Hall–Kier alpha value is -2.22. The molecule has 7 nitrogen and oxygen atoms in total. The van der Waals surface area contributed by atoms with E-state index < -0.39 is 0 Å². The normalized spacial score (nSPS) is 18.6. The number of nitrogens with one attached hydrogen (secondary N) is 1. The summed E-state index contributed by atoms with van der Waals surface area (Å²) in [5.41, 5.74) is 7.95. The van der Waals surface area contributed by atoms with E-state index in [4.69, 9.17) is 5.73 Å². The van der Waals surface area contributed by atoms with Crippen molar-refractivity contribution >= 4 is 23.2 Å². The van der Waals surface area contributed by atoms with E-state index in [1.165, 1.54) is 11.3 Å². The SMILES string of the molecule is Cc1nc(C)c(C(=O)N2CCC3(CCc4c3nc(N)[nH]c4=O)CC2)s1. The van der Waals surface area contributed by atoms with Crippen LogP contribution in [0.2, 0.25) is 0 Å². The van der Waals surface area contributed by atoms with Gasteiger partial charge < -0.3 is 10.6 Å². The number of likely N-dealkylation sites (tertiary alicyclic amines) is 1. The molecule has 1 fully saturated rings. The minimum absolute atomic E-state index is 0.0644. The smallest absolute Gasteiger partial charge is 0.265 e. The molecule has 0 bridgehead atoms. The second-order valence-electron chi connectivity index (χ2n) is 7.00. The fourth-order valence-corrected chi connectivity index (χ4v) is 5.05. The Morgan fingerprint density at radius 3 is 2.60 bits per heavy atom. The number of aromatic amines is 1. The number of aromatic nitrogens is 3. The molecule has 0 aromatic carbocycles. The zero-order chi connectivity index (χ0) is 17.8. The zero-order valence-electron chi connectivity index (χ0n) is 14.4. The predicted molar refractivity (Wildman–Crippen MR) is 96.0 cm³/mol. The molecule has 1 aliphatic heterocycles. The highest BCUT2D eigenvalue weighted by Gasteiger charge is 2.44. The average Bonchev–Trinajstić information content (AvgIpc) is 3.08. The number of thiazole rings is 1. The summed E-state index contributed by atoms with van der Waals surface area (Å²) in [6.07, 6.45) is 3.28. The van der Waals surface area contributed by atoms with Gasteiger partial charge in [0.25, 0.3) is 11.5 Å². The summed E-state index contributed by atoms with van der Waals surface area (Å²) in [5, 5.41) is 0.915. The highest BCUT2D eigenvalue weighted by atomic mass is 32.1. The lowest BCUT2D eigenvalue weighted by Gasteiger charge is -2.39. The van der Waals surface area contributed by atoms with Gasteiger partial charge in [0.05, 0.1) is 16.4 Å². The Labute approximate surface area is 149 Å². The molecule has 0 radical (unpaired) electrons. The molecule has 2 aromatic heterocycles. The summed E-state index contributed by atoms with van der Waals surface area (Å²) in [4.78, 5) is 38.9. The predicted octanol–water partition coefficient (Wildman–Crippen LogP) is 1.55. The standard InChI is InChI=1S/C17H21N5O2S/c1-9-12(25-10(2)19-9)15(24)22-7-5-17(6-8-22)4-3-11-13(17)20-16(18)21-14(11)23/h3-8H2,1-2H3,(H3,18,20,21,23). The van der Waals surface area contributed by atoms with Crippen molar-refractivity contribution < 1.29 is 4.79 Å². The molecule has 132 valence electrons. The minimum Gasteiger partial charge on any atom is -0.369 e. The van der Waals surface area contributed by atoms with Gasteiger partial charge in [0, 0.05) is 24.1 Å². The number of H-pyrrole nitrogens is 1. The molecular weight excluding hydrogens is 338 g/mol. The van der Waals surface area contributed by atoms with Crippen LogP contribution < -0.4 is 11.3 Å². The molecular formula is C17H21N5O2S. The van der Waals surface area contributed by atoms with Crippen LogP contribution in [-0.2, 0) is 11.8 Å². The van der Waals surface area contributed by atoms with E-state index in [1.807, 2.05) is 18.7 Å². The van der Waals surface area contributed by atoms with Crippen molar-refractivity contribution in [2.45, 2.75) is 44.9 Å². The van der Waals surface area contributed by atoms with E-state index in [2.05, 4.69) is 15.0 Å². The van der Waals surface area contributed by atoms with Crippen molar-refractivity contribution in [2.24, 2.45) is 0 Å². The van der Waals surface area contributed by atoms with Gasteiger partial charge >= 0.3 is 0 Å². The van der Waals surface area contributed by atoms with Crippen LogP contribution in [0.15, 0.2) is 4.79 Å². The topological polar surface area (TPSA) is 105 Å². The lowest BCUT2D eigenvalue weighted by Crippen LogP contribution is -2.44. The first-order valence-corrected chi connectivity index (χ1v) is 9.34. The Balaban J connectivity index is 1.56. The summed E-state index contributed by atoms with van der Waals surface area (Å²) < 4.78 is 0. The fourth-order valence-electron chi connectivity index (χ4n) is 4.17. The third kappa shape index (κ3) is 2.55. The van der Waals surface area contributed by atoms with Gasteiger partial charge in [-0.15, -0.1) is 11.3 Å². The Morgan fingerprint density at radius 2 is 1.96 bits per heavy atom. The molecule has 1 saturated heterocycles. The summed E-state index contributed by atoms with van der Waals surface area (Å²) in [6, 6.07) is 0. The second-order valence-corrected chi connectivity index (χ2v) is 8.20. The number of aryl methyl sites for hydroxylation is 2.